The molecular weight excluding hydrogens is 278 g/mol. The van der Waals surface area contributed by atoms with Crippen molar-refractivity contribution < 1.29 is 14.3 Å². The van der Waals surface area contributed by atoms with Gasteiger partial charge in [-0.15, -0.1) is 0 Å². The summed E-state index contributed by atoms with van der Waals surface area (Å²) in [5.41, 5.74) is 6.75. The van der Waals surface area contributed by atoms with E-state index in [0.29, 0.717) is 17.7 Å². The maximum absolute atomic E-state index is 12.8. The molecule has 2 atom stereocenters. The van der Waals surface area contributed by atoms with Crippen LogP contribution in [0.2, 0.25) is 0 Å². The van der Waals surface area contributed by atoms with Crippen molar-refractivity contribution in [3.63, 3.8) is 0 Å². The minimum atomic E-state index is -0.404. The predicted octanol–water partition coefficient (Wildman–Crippen LogP) is 2.88. The van der Waals surface area contributed by atoms with E-state index in [1.54, 1.807) is 12.1 Å². The van der Waals surface area contributed by atoms with Gasteiger partial charge in [-0.05, 0) is 24.1 Å². The molecule has 1 heterocycles. The molecule has 1 amide bonds. The third-order valence-corrected chi connectivity index (χ3v) is 3.94. The number of nitrogens with two attached hydrogens (primary N) is 1. The van der Waals surface area contributed by atoms with Crippen LogP contribution in [0.4, 0.5) is 0 Å². The lowest BCUT2D eigenvalue weighted by Gasteiger charge is -2.32. The average molecular weight is 295 g/mol. The second-order valence-corrected chi connectivity index (χ2v) is 5.42. The fraction of sp³-hybridized carbons (Fsp3) is 0.222. The summed E-state index contributed by atoms with van der Waals surface area (Å²) in [5, 5.41) is 0. The second kappa shape index (κ2) is 6.02. The number of amides is 1. The van der Waals surface area contributed by atoms with Crippen LogP contribution in [0.15, 0.2) is 54.6 Å². The third kappa shape index (κ3) is 2.72. The standard InChI is InChI=1S/C18H17NO3/c19-16(20)11-10-14-17(21)13-8-4-5-9-15(13)22-18(14)12-6-2-1-3-7-12/h1-9,14,18H,10-11H2,(H2,19,20). The minimum Gasteiger partial charge on any atom is -0.484 e. The smallest absolute Gasteiger partial charge is 0.217 e. The summed E-state index contributed by atoms with van der Waals surface area (Å²) in [7, 11) is 0. The fourth-order valence-electron chi connectivity index (χ4n) is 2.85. The fourth-order valence-corrected chi connectivity index (χ4v) is 2.85. The van der Waals surface area contributed by atoms with Crippen molar-refractivity contribution >= 4 is 11.7 Å². The number of fused-ring (bicyclic) bond motifs is 1. The Balaban J connectivity index is 1.98. The van der Waals surface area contributed by atoms with Crippen LogP contribution in [0.3, 0.4) is 0 Å². The zero-order chi connectivity index (χ0) is 15.5. The molecule has 2 unspecified atom stereocenters. The van der Waals surface area contributed by atoms with Gasteiger partial charge in [0.2, 0.25) is 5.91 Å². The van der Waals surface area contributed by atoms with Crippen molar-refractivity contribution in [2.75, 3.05) is 0 Å². The summed E-state index contributed by atoms with van der Waals surface area (Å²) in [6.45, 7) is 0. The molecule has 2 N–H and O–H groups in total. The molecule has 0 radical (unpaired) electrons. The lowest BCUT2D eigenvalue weighted by atomic mass is 9.83. The van der Waals surface area contributed by atoms with Crippen LogP contribution in [0.1, 0.15) is 34.9 Å². The number of ketones is 1. The molecule has 0 spiro atoms. The zero-order valence-electron chi connectivity index (χ0n) is 12.1. The van der Waals surface area contributed by atoms with Crippen molar-refractivity contribution in [1.29, 1.82) is 0 Å². The lowest BCUT2D eigenvalue weighted by molar-refractivity contribution is -0.118. The average Bonchev–Trinajstić information content (AvgIpc) is 2.54. The first-order chi connectivity index (χ1) is 10.7. The van der Waals surface area contributed by atoms with Gasteiger partial charge >= 0.3 is 0 Å². The Hall–Kier alpha value is -2.62. The summed E-state index contributed by atoms with van der Waals surface area (Å²) in [5.74, 6) is -0.197. The highest BCUT2D eigenvalue weighted by Crippen LogP contribution is 2.40. The van der Waals surface area contributed by atoms with Gasteiger partial charge in [-0.25, -0.2) is 0 Å². The first kappa shape index (κ1) is 14.3. The number of primary amides is 1. The van der Waals surface area contributed by atoms with Crippen molar-refractivity contribution in [2.45, 2.75) is 18.9 Å². The van der Waals surface area contributed by atoms with Crippen molar-refractivity contribution in [3.05, 3.63) is 65.7 Å². The Kier molecular flexibility index (Phi) is 3.92. The Morgan fingerprint density at radius 3 is 2.45 bits per heavy atom. The maximum Gasteiger partial charge on any atom is 0.217 e. The minimum absolute atomic E-state index is 0.0111. The summed E-state index contributed by atoms with van der Waals surface area (Å²) in [6, 6.07) is 16.8. The van der Waals surface area contributed by atoms with Gasteiger partial charge in [0.05, 0.1) is 11.5 Å². The molecule has 4 heteroatoms. The number of hydrogen-bond donors (Lipinski definition) is 1. The van der Waals surface area contributed by atoms with Gasteiger partial charge in [0.25, 0.3) is 0 Å². The van der Waals surface area contributed by atoms with Crippen molar-refractivity contribution in [2.24, 2.45) is 11.7 Å². The number of ether oxygens (including phenoxy) is 1. The van der Waals surface area contributed by atoms with Gasteiger partial charge in [0.1, 0.15) is 11.9 Å². The molecule has 3 rings (SSSR count). The number of hydrogen-bond acceptors (Lipinski definition) is 3. The van der Waals surface area contributed by atoms with E-state index in [2.05, 4.69) is 0 Å². The lowest BCUT2D eigenvalue weighted by Crippen LogP contribution is -2.32. The molecule has 0 aliphatic carbocycles. The van der Waals surface area contributed by atoms with Gasteiger partial charge < -0.3 is 10.5 Å². The zero-order valence-corrected chi connectivity index (χ0v) is 12.1. The molecule has 112 valence electrons. The number of benzene rings is 2. The van der Waals surface area contributed by atoms with E-state index in [0.717, 1.165) is 5.56 Å². The highest BCUT2D eigenvalue weighted by Gasteiger charge is 2.37. The molecule has 0 bridgehead atoms. The predicted molar refractivity (Wildman–Crippen MR) is 82.5 cm³/mol. The molecular formula is C18H17NO3. The first-order valence-corrected chi connectivity index (χ1v) is 7.30. The number of rotatable bonds is 4. The number of para-hydroxylation sites is 1. The van der Waals surface area contributed by atoms with E-state index < -0.39 is 11.8 Å². The van der Waals surface area contributed by atoms with Gasteiger partial charge in [-0.2, -0.15) is 0 Å². The highest BCUT2D eigenvalue weighted by atomic mass is 16.5. The maximum atomic E-state index is 12.8. The quantitative estimate of drug-likeness (QED) is 0.943. The number of carbonyl (C=O) groups excluding carboxylic acids is 2. The van der Waals surface area contributed by atoms with E-state index in [1.165, 1.54) is 0 Å². The van der Waals surface area contributed by atoms with E-state index in [1.807, 2.05) is 42.5 Å². The number of Topliss-reactive ketones (excluding diaryl/α,β-unsaturated/α-hetero) is 1. The summed E-state index contributed by atoms with van der Waals surface area (Å²) in [4.78, 5) is 23.9. The van der Waals surface area contributed by atoms with E-state index in [9.17, 15) is 9.59 Å². The highest BCUT2D eigenvalue weighted by molar-refractivity contribution is 6.01. The Morgan fingerprint density at radius 2 is 1.73 bits per heavy atom. The molecule has 2 aromatic rings. The van der Waals surface area contributed by atoms with Crippen LogP contribution in [0, 0.1) is 5.92 Å². The number of carbonyl (C=O) groups is 2. The van der Waals surface area contributed by atoms with Gasteiger partial charge in [-0.1, -0.05) is 42.5 Å². The van der Waals surface area contributed by atoms with Gasteiger partial charge in [-0.3, -0.25) is 9.59 Å². The first-order valence-electron chi connectivity index (χ1n) is 7.30. The van der Waals surface area contributed by atoms with E-state index >= 15 is 0 Å². The van der Waals surface area contributed by atoms with Crippen LogP contribution in [0.25, 0.3) is 0 Å². The summed E-state index contributed by atoms with van der Waals surface area (Å²) >= 11 is 0. The second-order valence-electron chi connectivity index (χ2n) is 5.42. The molecule has 2 aromatic carbocycles. The topological polar surface area (TPSA) is 69.4 Å². The van der Waals surface area contributed by atoms with Crippen LogP contribution >= 0.6 is 0 Å². The monoisotopic (exact) mass is 295 g/mol. The molecule has 0 fully saturated rings. The largest absolute Gasteiger partial charge is 0.484 e. The normalized spacial score (nSPS) is 20.1. The SMILES string of the molecule is NC(=O)CCC1C(=O)c2ccccc2OC1c1ccccc1. The Bertz CT molecular complexity index is 696. The van der Waals surface area contributed by atoms with Gasteiger partial charge in [0.15, 0.2) is 5.78 Å². The van der Waals surface area contributed by atoms with Gasteiger partial charge in [0, 0.05) is 6.42 Å². The van der Waals surface area contributed by atoms with Crippen LogP contribution in [-0.4, -0.2) is 11.7 Å². The Labute approximate surface area is 128 Å². The van der Waals surface area contributed by atoms with Crippen molar-refractivity contribution in [1.82, 2.24) is 0 Å². The Morgan fingerprint density at radius 1 is 1.05 bits per heavy atom. The molecule has 0 saturated heterocycles. The molecule has 0 saturated carbocycles. The summed E-state index contributed by atoms with van der Waals surface area (Å²) in [6.07, 6.45) is 0.177. The van der Waals surface area contributed by atoms with Crippen LogP contribution < -0.4 is 10.5 Å². The van der Waals surface area contributed by atoms with E-state index in [-0.39, 0.29) is 18.3 Å². The third-order valence-electron chi connectivity index (χ3n) is 3.94. The molecule has 0 aromatic heterocycles. The van der Waals surface area contributed by atoms with Crippen LogP contribution in [0.5, 0.6) is 5.75 Å². The molecule has 1 aliphatic heterocycles. The molecule has 1 aliphatic rings. The van der Waals surface area contributed by atoms with E-state index in [4.69, 9.17) is 10.5 Å². The summed E-state index contributed by atoms with van der Waals surface area (Å²) < 4.78 is 6.06. The van der Waals surface area contributed by atoms with Crippen molar-refractivity contribution in [3.8, 4) is 5.75 Å². The molecule has 22 heavy (non-hydrogen) atoms. The molecule has 4 nitrogen and oxygen atoms in total. The van der Waals surface area contributed by atoms with Crippen LogP contribution in [-0.2, 0) is 4.79 Å².